The van der Waals surface area contributed by atoms with Crippen LogP contribution in [0.5, 0.6) is 0 Å². The Morgan fingerprint density at radius 1 is 1.00 bits per heavy atom. The SMILES string of the molecule is CCOC(=O)C(C)(C)c1cccc2c1c1ccccc1n2-c1ncccn1. The molecule has 5 heteroatoms. The van der Waals surface area contributed by atoms with E-state index >= 15 is 0 Å². The Balaban J connectivity index is 2.10. The third kappa shape index (κ3) is 2.67. The molecule has 0 unspecified atom stereocenters. The predicted octanol–water partition coefficient (Wildman–Crippen LogP) is 4.41. The molecule has 0 aliphatic heterocycles. The molecule has 0 N–H and O–H groups in total. The summed E-state index contributed by atoms with van der Waals surface area (Å²) in [5, 5.41) is 2.09. The molecule has 0 atom stereocenters. The van der Waals surface area contributed by atoms with E-state index in [1.807, 2.05) is 61.7 Å². The van der Waals surface area contributed by atoms with Crippen LogP contribution in [0, 0.1) is 0 Å². The van der Waals surface area contributed by atoms with Gasteiger partial charge in [-0.15, -0.1) is 0 Å². The maximum Gasteiger partial charge on any atom is 0.315 e. The van der Waals surface area contributed by atoms with Crippen molar-refractivity contribution >= 4 is 27.8 Å². The summed E-state index contributed by atoms with van der Waals surface area (Å²) in [5.74, 6) is 0.375. The first-order chi connectivity index (χ1) is 13.1. The third-order valence-corrected chi connectivity index (χ3v) is 4.91. The van der Waals surface area contributed by atoms with E-state index in [9.17, 15) is 4.79 Å². The van der Waals surface area contributed by atoms with Crippen LogP contribution >= 0.6 is 0 Å². The summed E-state index contributed by atoms with van der Waals surface area (Å²) < 4.78 is 7.38. The van der Waals surface area contributed by atoms with Gasteiger partial charge < -0.3 is 4.74 Å². The monoisotopic (exact) mass is 359 g/mol. The molecule has 0 spiro atoms. The lowest BCUT2D eigenvalue weighted by molar-refractivity contribution is -0.148. The number of benzene rings is 2. The van der Waals surface area contributed by atoms with Crippen LogP contribution < -0.4 is 0 Å². The fraction of sp³-hybridized carbons (Fsp3) is 0.227. The standard InChI is InChI=1S/C22H21N3O2/c1-4-27-20(26)22(2,3)16-10-7-12-18-19(16)15-9-5-6-11-17(15)25(18)21-23-13-8-14-24-21/h5-14H,4H2,1-3H3. The van der Waals surface area contributed by atoms with Gasteiger partial charge in [-0.05, 0) is 44.5 Å². The van der Waals surface area contributed by atoms with Gasteiger partial charge in [0.15, 0.2) is 0 Å². The second kappa shape index (κ2) is 6.50. The minimum Gasteiger partial charge on any atom is -0.465 e. The van der Waals surface area contributed by atoms with Crippen molar-refractivity contribution in [3.63, 3.8) is 0 Å². The molecule has 0 radical (unpaired) electrons. The average molecular weight is 359 g/mol. The number of para-hydroxylation sites is 1. The maximum absolute atomic E-state index is 12.7. The third-order valence-electron chi connectivity index (χ3n) is 4.91. The van der Waals surface area contributed by atoms with E-state index in [2.05, 4.69) is 16.0 Å². The van der Waals surface area contributed by atoms with E-state index in [1.54, 1.807) is 18.5 Å². The molecule has 0 aliphatic rings. The Morgan fingerprint density at radius 2 is 1.70 bits per heavy atom. The number of rotatable bonds is 4. The van der Waals surface area contributed by atoms with Crippen molar-refractivity contribution in [3.05, 3.63) is 66.5 Å². The van der Waals surface area contributed by atoms with Crippen LogP contribution in [0.1, 0.15) is 26.3 Å². The highest BCUT2D eigenvalue weighted by molar-refractivity contribution is 6.12. The van der Waals surface area contributed by atoms with E-state index in [-0.39, 0.29) is 5.97 Å². The Hall–Kier alpha value is -3.21. The van der Waals surface area contributed by atoms with Gasteiger partial charge in [0, 0.05) is 23.2 Å². The summed E-state index contributed by atoms with van der Waals surface area (Å²) in [7, 11) is 0. The minimum atomic E-state index is -0.776. The number of aromatic nitrogens is 3. The van der Waals surface area contributed by atoms with Crippen molar-refractivity contribution < 1.29 is 9.53 Å². The first kappa shape index (κ1) is 17.2. The predicted molar refractivity (Wildman–Crippen MR) is 106 cm³/mol. The molecule has 2 aromatic heterocycles. The summed E-state index contributed by atoms with van der Waals surface area (Å²) in [6.07, 6.45) is 3.46. The van der Waals surface area contributed by atoms with Gasteiger partial charge in [-0.25, -0.2) is 9.97 Å². The molecule has 2 aromatic carbocycles. The van der Waals surface area contributed by atoms with Crippen molar-refractivity contribution in [2.24, 2.45) is 0 Å². The molecule has 0 amide bonds. The molecule has 0 aliphatic carbocycles. The molecule has 2 heterocycles. The fourth-order valence-corrected chi connectivity index (χ4v) is 3.58. The molecule has 0 saturated carbocycles. The smallest absolute Gasteiger partial charge is 0.315 e. The van der Waals surface area contributed by atoms with E-state index in [4.69, 9.17) is 4.74 Å². The quantitative estimate of drug-likeness (QED) is 0.506. The maximum atomic E-state index is 12.7. The van der Waals surface area contributed by atoms with Crippen molar-refractivity contribution in [1.29, 1.82) is 0 Å². The number of carbonyl (C=O) groups excluding carboxylic acids is 1. The van der Waals surface area contributed by atoms with Gasteiger partial charge in [-0.3, -0.25) is 9.36 Å². The summed E-state index contributed by atoms with van der Waals surface area (Å²) in [5.41, 5.74) is 2.13. The van der Waals surface area contributed by atoms with Crippen LogP contribution in [-0.2, 0) is 14.9 Å². The zero-order chi connectivity index (χ0) is 19.0. The van der Waals surface area contributed by atoms with Gasteiger partial charge >= 0.3 is 5.97 Å². The fourth-order valence-electron chi connectivity index (χ4n) is 3.58. The van der Waals surface area contributed by atoms with Gasteiger partial charge in [0.25, 0.3) is 0 Å². The van der Waals surface area contributed by atoms with Crippen molar-refractivity contribution in [2.75, 3.05) is 6.61 Å². The Labute approximate surface area is 157 Å². The summed E-state index contributed by atoms with van der Waals surface area (Å²) in [6.45, 7) is 6.00. The van der Waals surface area contributed by atoms with Crippen LogP contribution in [0.3, 0.4) is 0 Å². The second-order valence-electron chi connectivity index (χ2n) is 6.95. The van der Waals surface area contributed by atoms with E-state index < -0.39 is 5.41 Å². The first-order valence-electron chi connectivity index (χ1n) is 9.03. The molecule has 4 rings (SSSR count). The Bertz CT molecular complexity index is 1130. The zero-order valence-electron chi connectivity index (χ0n) is 15.6. The van der Waals surface area contributed by atoms with Crippen LogP contribution in [-0.4, -0.2) is 27.1 Å². The van der Waals surface area contributed by atoms with Crippen molar-refractivity contribution in [1.82, 2.24) is 14.5 Å². The molecule has 0 fully saturated rings. The zero-order valence-corrected chi connectivity index (χ0v) is 15.6. The molecule has 4 aromatic rings. The van der Waals surface area contributed by atoms with Gasteiger partial charge in [-0.1, -0.05) is 30.3 Å². The molecule has 27 heavy (non-hydrogen) atoms. The van der Waals surface area contributed by atoms with Gasteiger partial charge in [-0.2, -0.15) is 0 Å². The number of esters is 1. The topological polar surface area (TPSA) is 57.0 Å². The highest BCUT2D eigenvalue weighted by Crippen LogP contribution is 2.38. The number of carbonyl (C=O) groups is 1. The first-order valence-corrected chi connectivity index (χ1v) is 9.03. The summed E-state index contributed by atoms with van der Waals surface area (Å²) in [6, 6.07) is 15.9. The number of hydrogen-bond donors (Lipinski definition) is 0. The molecular weight excluding hydrogens is 338 g/mol. The number of ether oxygens (including phenoxy) is 1. The second-order valence-corrected chi connectivity index (χ2v) is 6.95. The largest absolute Gasteiger partial charge is 0.465 e. The molecular formula is C22H21N3O2. The minimum absolute atomic E-state index is 0.231. The van der Waals surface area contributed by atoms with Crippen LogP contribution in [0.25, 0.3) is 27.8 Å². The van der Waals surface area contributed by atoms with Crippen molar-refractivity contribution in [2.45, 2.75) is 26.2 Å². The molecule has 0 saturated heterocycles. The summed E-state index contributed by atoms with van der Waals surface area (Å²) >= 11 is 0. The van der Waals surface area contributed by atoms with Crippen LogP contribution in [0.15, 0.2) is 60.9 Å². The lowest BCUT2D eigenvalue weighted by Gasteiger charge is -2.24. The number of nitrogens with zero attached hydrogens (tertiary/aromatic N) is 3. The lowest BCUT2D eigenvalue weighted by atomic mass is 9.82. The highest BCUT2D eigenvalue weighted by atomic mass is 16.5. The number of fused-ring (bicyclic) bond motifs is 3. The lowest BCUT2D eigenvalue weighted by Crippen LogP contribution is -2.31. The molecule has 136 valence electrons. The van der Waals surface area contributed by atoms with Gasteiger partial charge in [0.2, 0.25) is 5.95 Å². The Morgan fingerprint density at radius 3 is 2.44 bits per heavy atom. The molecule has 5 nitrogen and oxygen atoms in total. The summed E-state index contributed by atoms with van der Waals surface area (Å²) in [4.78, 5) is 21.5. The van der Waals surface area contributed by atoms with E-state index in [0.29, 0.717) is 12.6 Å². The van der Waals surface area contributed by atoms with Crippen molar-refractivity contribution in [3.8, 4) is 5.95 Å². The van der Waals surface area contributed by atoms with Gasteiger partial charge in [0.1, 0.15) is 0 Å². The Kier molecular flexibility index (Phi) is 4.15. The van der Waals surface area contributed by atoms with Crippen LogP contribution in [0.2, 0.25) is 0 Å². The average Bonchev–Trinajstić information content (AvgIpc) is 3.03. The van der Waals surface area contributed by atoms with Crippen LogP contribution in [0.4, 0.5) is 0 Å². The van der Waals surface area contributed by atoms with Gasteiger partial charge in [0.05, 0.1) is 23.1 Å². The highest BCUT2D eigenvalue weighted by Gasteiger charge is 2.34. The molecule has 0 bridgehead atoms. The number of hydrogen-bond acceptors (Lipinski definition) is 4. The normalized spacial score (nSPS) is 11.8. The van der Waals surface area contributed by atoms with E-state index in [0.717, 1.165) is 27.4 Å². The van der Waals surface area contributed by atoms with E-state index in [1.165, 1.54) is 0 Å².